The zero-order chi connectivity index (χ0) is 15.0. The molecule has 0 bridgehead atoms. The molecule has 1 aliphatic carbocycles. The Morgan fingerprint density at radius 3 is 2.67 bits per heavy atom. The summed E-state index contributed by atoms with van der Waals surface area (Å²) in [5.74, 6) is 0.463. The summed E-state index contributed by atoms with van der Waals surface area (Å²) in [5.41, 5.74) is 0. The van der Waals surface area contributed by atoms with Crippen LogP contribution in [0, 0.1) is 17.8 Å². The molecule has 0 N–H and O–H groups in total. The smallest absolute Gasteiger partial charge is 0.311 e. The van der Waals surface area contributed by atoms with Crippen LogP contribution in [-0.4, -0.2) is 30.6 Å². The van der Waals surface area contributed by atoms with Crippen molar-refractivity contribution in [1.82, 2.24) is 0 Å². The standard InChI is InChI=1S/C17H28O4/c1-11(2)13-7-6-12(3)10-17(13)20-15(9-16(18)21-17)14-5-4-8-19-14/h11-15H,4-10H2,1-3H3/t12-,13+,14+,15-,17+/m1/s1. The molecule has 5 atom stereocenters. The number of ether oxygens (including phenoxy) is 3. The fraction of sp³-hybridized carbons (Fsp3) is 0.941. The maximum Gasteiger partial charge on any atom is 0.311 e. The van der Waals surface area contributed by atoms with E-state index in [0.717, 1.165) is 32.3 Å². The summed E-state index contributed by atoms with van der Waals surface area (Å²) in [6.45, 7) is 7.42. The molecule has 0 amide bonds. The van der Waals surface area contributed by atoms with E-state index in [9.17, 15) is 4.79 Å². The van der Waals surface area contributed by atoms with Gasteiger partial charge in [0, 0.05) is 18.9 Å². The van der Waals surface area contributed by atoms with Crippen molar-refractivity contribution in [2.24, 2.45) is 17.8 Å². The number of carbonyl (C=O) groups excluding carboxylic acids is 1. The van der Waals surface area contributed by atoms with Crippen molar-refractivity contribution in [3.63, 3.8) is 0 Å². The molecule has 4 nitrogen and oxygen atoms in total. The molecule has 0 aromatic rings. The zero-order valence-corrected chi connectivity index (χ0v) is 13.5. The lowest BCUT2D eigenvalue weighted by molar-refractivity contribution is -0.326. The molecular weight excluding hydrogens is 268 g/mol. The number of rotatable bonds is 2. The lowest BCUT2D eigenvalue weighted by atomic mass is 9.72. The molecule has 120 valence electrons. The van der Waals surface area contributed by atoms with E-state index in [0.29, 0.717) is 24.2 Å². The van der Waals surface area contributed by atoms with Gasteiger partial charge in [0.25, 0.3) is 0 Å². The highest BCUT2D eigenvalue weighted by atomic mass is 16.7. The third kappa shape index (κ3) is 2.98. The van der Waals surface area contributed by atoms with Gasteiger partial charge >= 0.3 is 5.97 Å². The lowest BCUT2D eigenvalue weighted by Crippen LogP contribution is -2.57. The van der Waals surface area contributed by atoms with Crippen LogP contribution in [-0.2, 0) is 19.0 Å². The predicted octanol–water partition coefficient (Wildman–Crippen LogP) is 3.29. The van der Waals surface area contributed by atoms with E-state index in [1.807, 2.05) is 0 Å². The van der Waals surface area contributed by atoms with Gasteiger partial charge in [0.15, 0.2) is 0 Å². The number of hydrogen-bond acceptors (Lipinski definition) is 4. The lowest BCUT2D eigenvalue weighted by Gasteiger charge is -2.51. The van der Waals surface area contributed by atoms with Gasteiger partial charge in [-0.15, -0.1) is 0 Å². The third-order valence-electron chi connectivity index (χ3n) is 5.36. The summed E-state index contributed by atoms with van der Waals surface area (Å²) >= 11 is 0. The van der Waals surface area contributed by atoms with E-state index in [1.54, 1.807) is 0 Å². The van der Waals surface area contributed by atoms with Gasteiger partial charge in [0.2, 0.25) is 5.79 Å². The minimum atomic E-state index is -0.711. The quantitative estimate of drug-likeness (QED) is 0.734. The Morgan fingerprint density at radius 1 is 1.19 bits per heavy atom. The van der Waals surface area contributed by atoms with Crippen LogP contribution in [0.3, 0.4) is 0 Å². The number of hydrogen-bond donors (Lipinski definition) is 0. The first-order valence-corrected chi connectivity index (χ1v) is 8.51. The van der Waals surface area contributed by atoms with E-state index < -0.39 is 5.79 Å². The van der Waals surface area contributed by atoms with Crippen molar-refractivity contribution in [2.45, 2.75) is 77.3 Å². The molecule has 3 rings (SSSR count). The summed E-state index contributed by atoms with van der Waals surface area (Å²) in [6, 6.07) is 0. The molecular formula is C17H28O4. The van der Waals surface area contributed by atoms with Crippen LogP contribution < -0.4 is 0 Å². The average molecular weight is 296 g/mol. The number of carbonyl (C=O) groups is 1. The van der Waals surface area contributed by atoms with Crippen molar-refractivity contribution in [1.29, 1.82) is 0 Å². The van der Waals surface area contributed by atoms with E-state index in [4.69, 9.17) is 14.2 Å². The molecule has 2 heterocycles. The first-order valence-electron chi connectivity index (χ1n) is 8.51. The third-order valence-corrected chi connectivity index (χ3v) is 5.36. The Hall–Kier alpha value is -0.610. The van der Waals surface area contributed by atoms with Crippen molar-refractivity contribution in [3.8, 4) is 0 Å². The molecule has 4 heteroatoms. The summed E-state index contributed by atoms with van der Waals surface area (Å²) in [7, 11) is 0. The second-order valence-electron chi connectivity index (χ2n) is 7.43. The van der Waals surface area contributed by atoms with Gasteiger partial charge < -0.3 is 14.2 Å². The highest BCUT2D eigenvalue weighted by Crippen LogP contribution is 2.47. The molecule has 0 radical (unpaired) electrons. The van der Waals surface area contributed by atoms with Crippen LogP contribution in [0.15, 0.2) is 0 Å². The highest BCUT2D eigenvalue weighted by Gasteiger charge is 2.54. The van der Waals surface area contributed by atoms with Gasteiger partial charge in [-0.1, -0.05) is 20.8 Å². The van der Waals surface area contributed by atoms with Gasteiger partial charge in [-0.2, -0.15) is 0 Å². The first-order chi connectivity index (χ1) is 10.00. The van der Waals surface area contributed by atoms with Gasteiger partial charge in [-0.05, 0) is 37.5 Å². The van der Waals surface area contributed by atoms with Crippen molar-refractivity contribution >= 4 is 5.97 Å². The van der Waals surface area contributed by atoms with Gasteiger partial charge in [0.1, 0.15) is 0 Å². The van der Waals surface area contributed by atoms with Gasteiger partial charge in [0.05, 0.1) is 18.6 Å². The zero-order valence-electron chi connectivity index (χ0n) is 13.5. The van der Waals surface area contributed by atoms with E-state index in [-0.39, 0.29) is 18.2 Å². The molecule has 1 saturated carbocycles. The Bertz CT molecular complexity index is 388. The summed E-state index contributed by atoms with van der Waals surface area (Å²) in [4.78, 5) is 12.2. The predicted molar refractivity (Wildman–Crippen MR) is 78.6 cm³/mol. The molecule has 2 saturated heterocycles. The fourth-order valence-electron chi connectivity index (χ4n) is 4.34. The average Bonchev–Trinajstić information content (AvgIpc) is 2.90. The van der Waals surface area contributed by atoms with E-state index in [1.165, 1.54) is 6.42 Å². The molecule has 1 spiro atoms. The Kier molecular flexibility index (Phi) is 4.28. The normalized spacial score (nSPS) is 44.3. The molecule has 0 unspecified atom stereocenters. The Balaban J connectivity index is 1.83. The van der Waals surface area contributed by atoms with Crippen molar-refractivity contribution < 1.29 is 19.0 Å². The van der Waals surface area contributed by atoms with Crippen LogP contribution in [0.2, 0.25) is 0 Å². The molecule has 2 aliphatic heterocycles. The number of esters is 1. The summed E-state index contributed by atoms with van der Waals surface area (Å²) in [5, 5.41) is 0. The molecule has 21 heavy (non-hydrogen) atoms. The minimum Gasteiger partial charge on any atom is -0.433 e. The molecule has 0 aromatic carbocycles. The molecule has 3 aliphatic rings. The second-order valence-corrected chi connectivity index (χ2v) is 7.43. The topological polar surface area (TPSA) is 44.8 Å². The van der Waals surface area contributed by atoms with Crippen LogP contribution in [0.1, 0.15) is 59.3 Å². The van der Waals surface area contributed by atoms with Gasteiger partial charge in [-0.25, -0.2) is 0 Å². The van der Waals surface area contributed by atoms with Crippen LogP contribution in [0.4, 0.5) is 0 Å². The SMILES string of the molecule is CC(C)[C@@H]1CC[C@@H](C)C[C@]12OC(=O)C[C@H]([C@@H]1CCCO1)O2. The van der Waals surface area contributed by atoms with Crippen LogP contribution >= 0.6 is 0 Å². The molecule has 3 fully saturated rings. The van der Waals surface area contributed by atoms with E-state index in [2.05, 4.69) is 20.8 Å². The van der Waals surface area contributed by atoms with Crippen LogP contribution in [0.5, 0.6) is 0 Å². The second kappa shape index (κ2) is 5.88. The van der Waals surface area contributed by atoms with E-state index >= 15 is 0 Å². The van der Waals surface area contributed by atoms with Crippen LogP contribution in [0.25, 0.3) is 0 Å². The molecule has 0 aromatic heterocycles. The Labute approximate surface area is 127 Å². The Morgan fingerprint density at radius 2 is 2.00 bits per heavy atom. The fourth-order valence-corrected chi connectivity index (χ4v) is 4.34. The van der Waals surface area contributed by atoms with Crippen molar-refractivity contribution in [2.75, 3.05) is 6.61 Å². The highest BCUT2D eigenvalue weighted by molar-refractivity contribution is 5.71. The maximum absolute atomic E-state index is 12.2. The maximum atomic E-state index is 12.2. The first kappa shape index (κ1) is 15.3. The largest absolute Gasteiger partial charge is 0.433 e. The minimum absolute atomic E-state index is 0.0692. The monoisotopic (exact) mass is 296 g/mol. The summed E-state index contributed by atoms with van der Waals surface area (Å²) < 4.78 is 18.0. The van der Waals surface area contributed by atoms with Crippen molar-refractivity contribution in [3.05, 3.63) is 0 Å². The van der Waals surface area contributed by atoms with Gasteiger partial charge in [-0.3, -0.25) is 4.79 Å². The summed E-state index contributed by atoms with van der Waals surface area (Å²) in [6.07, 6.45) is 5.43.